The van der Waals surface area contributed by atoms with Crippen molar-refractivity contribution in [3.63, 3.8) is 0 Å². The fourth-order valence-electron chi connectivity index (χ4n) is 3.08. The molecule has 2 atom stereocenters. The Morgan fingerprint density at radius 1 is 1.36 bits per heavy atom. The standard InChI is InChI=1S/C16H21F2N3O/c1-10(11-7-19-8-11)16(22)20-12-5-6-21(9-12)15-13(17)3-2-4-14(15)18/h2-4,10-12,19H,5-9H2,1H3,(H,20,22). The van der Waals surface area contributed by atoms with E-state index in [2.05, 4.69) is 10.6 Å². The van der Waals surface area contributed by atoms with E-state index in [1.807, 2.05) is 6.92 Å². The Kier molecular flexibility index (Phi) is 4.29. The highest BCUT2D eigenvalue weighted by molar-refractivity contribution is 5.79. The summed E-state index contributed by atoms with van der Waals surface area (Å²) in [6.07, 6.45) is 0.704. The molecule has 2 N–H and O–H groups in total. The van der Waals surface area contributed by atoms with Crippen molar-refractivity contribution in [2.75, 3.05) is 31.1 Å². The van der Waals surface area contributed by atoms with Crippen molar-refractivity contribution in [3.05, 3.63) is 29.8 Å². The van der Waals surface area contributed by atoms with Gasteiger partial charge in [-0.1, -0.05) is 13.0 Å². The molecule has 1 aromatic rings. The lowest BCUT2D eigenvalue weighted by Crippen LogP contribution is -2.51. The number of nitrogens with one attached hydrogen (secondary N) is 2. The van der Waals surface area contributed by atoms with Gasteiger partial charge < -0.3 is 15.5 Å². The lowest BCUT2D eigenvalue weighted by molar-refractivity contribution is -0.127. The third-order valence-corrected chi connectivity index (χ3v) is 4.72. The second-order valence-electron chi connectivity index (χ2n) is 6.22. The van der Waals surface area contributed by atoms with E-state index < -0.39 is 11.6 Å². The van der Waals surface area contributed by atoms with E-state index in [0.29, 0.717) is 25.4 Å². The zero-order valence-corrected chi connectivity index (χ0v) is 12.6. The molecule has 0 spiro atoms. The Balaban J connectivity index is 1.59. The minimum Gasteiger partial charge on any atom is -0.365 e. The number of hydrogen-bond donors (Lipinski definition) is 2. The Morgan fingerprint density at radius 2 is 2.05 bits per heavy atom. The maximum absolute atomic E-state index is 13.8. The number of amides is 1. The van der Waals surface area contributed by atoms with Gasteiger partial charge in [-0.2, -0.15) is 0 Å². The third-order valence-electron chi connectivity index (χ3n) is 4.72. The van der Waals surface area contributed by atoms with E-state index in [9.17, 15) is 13.6 Å². The van der Waals surface area contributed by atoms with Crippen LogP contribution in [0.2, 0.25) is 0 Å². The molecule has 2 aliphatic heterocycles. The highest BCUT2D eigenvalue weighted by Gasteiger charge is 2.32. The van der Waals surface area contributed by atoms with Gasteiger partial charge in [-0.3, -0.25) is 4.79 Å². The summed E-state index contributed by atoms with van der Waals surface area (Å²) in [5.41, 5.74) is 0.00971. The van der Waals surface area contributed by atoms with Crippen LogP contribution in [0.1, 0.15) is 13.3 Å². The second-order valence-corrected chi connectivity index (χ2v) is 6.22. The van der Waals surface area contributed by atoms with Crippen LogP contribution in [0.3, 0.4) is 0 Å². The quantitative estimate of drug-likeness (QED) is 0.886. The summed E-state index contributed by atoms with van der Waals surface area (Å²) in [6, 6.07) is 3.83. The maximum Gasteiger partial charge on any atom is 0.223 e. The Morgan fingerprint density at radius 3 is 2.64 bits per heavy atom. The van der Waals surface area contributed by atoms with E-state index >= 15 is 0 Å². The van der Waals surface area contributed by atoms with Crippen LogP contribution in [0.4, 0.5) is 14.5 Å². The van der Waals surface area contributed by atoms with Crippen molar-refractivity contribution in [1.29, 1.82) is 0 Å². The Hall–Kier alpha value is -1.69. The summed E-state index contributed by atoms with van der Waals surface area (Å²) < 4.78 is 27.6. The van der Waals surface area contributed by atoms with E-state index in [-0.39, 0.29) is 23.6 Å². The van der Waals surface area contributed by atoms with Crippen LogP contribution in [0.5, 0.6) is 0 Å². The molecule has 4 nitrogen and oxygen atoms in total. The fourth-order valence-corrected chi connectivity index (χ4v) is 3.08. The molecule has 120 valence electrons. The molecule has 2 heterocycles. The van der Waals surface area contributed by atoms with Crippen LogP contribution in [-0.4, -0.2) is 38.1 Å². The first kappa shape index (κ1) is 15.2. The summed E-state index contributed by atoms with van der Waals surface area (Å²) >= 11 is 0. The van der Waals surface area contributed by atoms with Gasteiger partial charge in [-0.25, -0.2) is 8.78 Å². The smallest absolute Gasteiger partial charge is 0.223 e. The summed E-state index contributed by atoms with van der Waals surface area (Å²) in [6.45, 7) is 4.68. The molecule has 2 aliphatic rings. The Bertz CT molecular complexity index is 542. The number of benzene rings is 1. The highest BCUT2D eigenvalue weighted by Crippen LogP contribution is 2.27. The highest BCUT2D eigenvalue weighted by atomic mass is 19.1. The van der Waals surface area contributed by atoms with Crippen molar-refractivity contribution in [1.82, 2.24) is 10.6 Å². The zero-order valence-electron chi connectivity index (χ0n) is 12.6. The summed E-state index contributed by atoms with van der Waals surface area (Å²) in [4.78, 5) is 13.9. The number of para-hydroxylation sites is 1. The van der Waals surface area contributed by atoms with Gasteiger partial charge in [-0.05, 0) is 37.6 Å². The van der Waals surface area contributed by atoms with Gasteiger partial charge in [0.15, 0.2) is 0 Å². The largest absolute Gasteiger partial charge is 0.365 e. The topological polar surface area (TPSA) is 44.4 Å². The molecule has 22 heavy (non-hydrogen) atoms. The van der Waals surface area contributed by atoms with E-state index in [4.69, 9.17) is 0 Å². The normalized spacial score (nSPS) is 23.2. The fraction of sp³-hybridized carbons (Fsp3) is 0.562. The summed E-state index contributed by atoms with van der Waals surface area (Å²) in [5.74, 6) is -0.712. The minimum absolute atomic E-state index is 0.00971. The van der Waals surface area contributed by atoms with Crippen molar-refractivity contribution < 1.29 is 13.6 Å². The van der Waals surface area contributed by atoms with Crippen LogP contribution in [0.15, 0.2) is 18.2 Å². The van der Waals surface area contributed by atoms with Gasteiger partial charge in [0.05, 0.1) is 0 Å². The van der Waals surface area contributed by atoms with E-state index in [1.165, 1.54) is 18.2 Å². The van der Waals surface area contributed by atoms with Crippen molar-refractivity contribution in [3.8, 4) is 0 Å². The lowest BCUT2D eigenvalue weighted by Gasteiger charge is -2.32. The van der Waals surface area contributed by atoms with Gasteiger partial charge >= 0.3 is 0 Å². The molecule has 2 saturated heterocycles. The predicted octanol–water partition coefficient (Wildman–Crippen LogP) is 1.52. The first-order chi connectivity index (χ1) is 10.6. The SMILES string of the molecule is CC(C(=O)NC1CCN(c2c(F)cccc2F)C1)C1CNC1. The van der Waals surface area contributed by atoms with Gasteiger partial charge in [0.1, 0.15) is 17.3 Å². The molecule has 0 bridgehead atoms. The Labute approximate surface area is 128 Å². The maximum atomic E-state index is 13.8. The number of halogens is 2. The monoisotopic (exact) mass is 309 g/mol. The molecule has 1 amide bonds. The second kappa shape index (κ2) is 6.20. The molecule has 0 aromatic heterocycles. The molecule has 1 aromatic carbocycles. The molecular weight excluding hydrogens is 288 g/mol. The number of anilines is 1. The minimum atomic E-state index is -0.555. The van der Waals surface area contributed by atoms with Crippen molar-refractivity contribution in [2.24, 2.45) is 11.8 Å². The van der Waals surface area contributed by atoms with Crippen LogP contribution >= 0.6 is 0 Å². The number of hydrogen-bond acceptors (Lipinski definition) is 3. The number of carbonyl (C=O) groups excluding carboxylic acids is 1. The van der Waals surface area contributed by atoms with Crippen LogP contribution < -0.4 is 15.5 Å². The number of rotatable bonds is 4. The summed E-state index contributed by atoms with van der Waals surface area (Å²) in [5, 5.41) is 6.17. The van der Waals surface area contributed by atoms with Crippen molar-refractivity contribution >= 4 is 11.6 Å². The zero-order chi connectivity index (χ0) is 15.7. The van der Waals surface area contributed by atoms with Gasteiger partial charge in [0.2, 0.25) is 5.91 Å². The predicted molar refractivity (Wildman–Crippen MR) is 80.6 cm³/mol. The molecule has 2 unspecified atom stereocenters. The molecule has 3 rings (SSSR count). The van der Waals surface area contributed by atoms with Crippen molar-refractivity contribution in [2.45, 2.75) is 19.4 Å². The van der Waals surface area contributed by atoms with Crippen LogP contribution in [-0.2, 0) is 4.79 Å². The van der Waals surface area contributed by atoms with Crippen LogP contribution in [0, 0.1) is 23.5 Å². The molecular formula is C16H21F2N3O. The third kappa shape index (κ3) is 2.92. The van der Waals surface area contributed by atoms with Crippen LogP contribution in [0.25, 0.3) is 0 Å². The molecule has 2 fully saturated rings. The molecule has 0 saturated carbocycles. The van der Waals surface area contributed by atoms with E-state index in [0.717, 1.165) is 13.1 Å². The van der Waals surface area contributed by atoms with E-state index in [1.54, 1.807) is 4.90 Å². The van der Waals surface area contributed by atoms with Gasteiger partial charge in [0.25, 0.3) is 0 Å². The lowest BCUT2D eigenvalue weighted by atomic mass is 9.88. The van der Waals surface area contributed by atoms with Gasteiger partial charge in [0, 0.05) is 25.0 Å². The average molecular weight is 309 g/mol. The first-order valence-electron chi connectivity index (χ1n) is 7.76. The number of nitrogens with zero attached hydrogens (tertiary/aromatic N) is 1. The first-order valence-corrected chi connectivity index (χ1v) is 7.76. The molecule has 6 heteroatoms. The average Bonchev–Trinajstić information content (AvgIpc) is 2.84. The van der Waals surface area contributed by atoms with Gasteiger partial charge in [-0.15, -0.1) is 0 Å². The molecule has 0 radical (unpaired) electrons. The summed E-state index contributed by atoms with van der Waals surface area (Å²) in [7, 11) is 0. The number of carbonyl (C=O) groups is 1. The molecule has 0 aliphatic carbocycles.